The van der Waals surface area contributed by atoms with Gasteiger partial charge in [0.15, 0.2) is 0 Å². The molecule has 0 radical (unpaired) electrons. The standard InChI is InChI=1S/C22H28O3/c1-21(2,3)25-19-12-8-17(9-13-19)22(4,5)16-6-10-18(11-7-16)23-14-20-15-24-20/h6-13,20H,14-15H2,1-5H3. The van der Waals surface area contributed by atoms with Crippen LogP contribution in [0.25, 0.3) is 0 Å². The Labute approximate surface area is 150 Å². The molecule has 0 N–H and O–H groups in total. The Morgan fingerprint density at radius 3 is 1.76 bits per heavy atom. The van der Waals surface area contributed by atoms with E-state index in [4.69, 9.17) is 14.2 Å². The molecule has 1 fully saturated rings. The second-order valence-corrected chi connectivity index (χ2v) is 8.15. The zero-order chi connectivity index (χ0) is 18.1. The van der Waals surface area contributed by atoms with Crippen molar-refractivity contribution in [3.8, 4) is 11.5 Å². The van der Waals surface area contributed by atoms with Crippen molar-refractivity contribution < 1.29 is 14.2 Å². The largest absolute Gasteiger partial charge is 0.491 e. The molecule has 25 heavy (non-hydrogen) atoms. The van der Waals surface area contributed by atoms with Crippen molar-refractivity contribution in [3.63, 3.8) is 0 Å². The average Bonchev–Trinajstić information content (AvgIpc) is 3.37. The van der Waals surface area contributed by atoms with Crippen LogP contribution in [0.4, 0.5) is 0 Å². The average molecular weight is 340 g/mol. The van der Waals surface area contributed by atoms with Crippen LogP contribution in [0.2, 0.25) is 0 Å². The third kappa shape index (κ3) is 4.76. The first kappa shape index (κ1) is 17.8. The molecule has 2 aromatic carbocycles. The lowest BCUT2D eigenvalue weighted by atomic mass is 9.78. The summed E-state index contributed by atoms with van der Waals surface area (Å²) in [7, 11) is 0. The summed E-state index contributed by atoms with van der Waals surface area (Å²) >= 11 is 0. The van der Waals surface area contributed by atoms with Crippen molar-refractivity contribution in [3.05, 3.63) is 59.7 Å². The maximum atomic E-state index is 5.92. The van der Waals surface area contributed by atoms with Gasteiger partial charge in [0, 0.05) is 5.41 Å². The molecule has 0 saturated carbocycles. The predicted octanol–water partition coefficient (Wildman–Crippen LogP) is 4.97. The lowest BCUT2D eigenvalue weighted by Gasteiger charge is -2.27. The first-order valence-electron chi connectivity index (χ1n) is 8.88. The fourth-order valence-electron chi connectivity index (χ4n) is 2.78. The van der Waals surface area contributed by atoms with Crippen molar-refractivity contribution >= 4 is 0 Å². The molecule has 3 nitrogen and oxygen atoms in total. The molecule has 0 aliphatic carbocycles. The number of epoxide rings is 1. The Kier molecular flexibility index (Phi) is 4.79. The van der Waals surface area contributed by atoms with E-state index in [9.17, 15) is 0 Å². The molecule has 0 aromatic heterocycles. The highest BCUT2D eigenvalue weighted by Crippen LogP contribution is 2.33. The predicted molar refractivity (Wildman–Crippen MR) is 101 cm³/mol. The van der Waals surface area contributed by atoms with Crippen LogP contribution >= 0.6 is 0 Å². The Morgan fingerprint density at radius 2 is 1.32 bits per heavy atom. The van der Waals surface area contributed by atoms with Gasteiger partial charge in [-0.2, -0.15) is 0 Å². The monoisotopic (exact) mass is 340 g/mol. The number of rotatable bonds is 6. The summed E-state index contributed by atoms with van der Waals surface area (Å²) in [5, 5.41) is 0. The van der Waals surface area contributed by atoms with Crippen LogP contribution in [0.1, 0.15) is 45.7 Å². The van der Waals surface area contributed by atoms with E-state index < -0.39 is 0 Å². The molecule has 2 aromatic rings. The maximum absolute atomic E-state index is 5.92. The SMILES string of the molecule is CC(C)(C)Oc1ccc(C(C)(C)c2ccc(OCC3CO3)cc2)cc1. The number of ether oxygens (including phenoxy) is 3. The number of hydrogen-bond acceptors (Lipinski definition) is 3. The molecular weight excluding hydrogens is 312 g/mol. The molecular formula is C22H28O3. The van der Waals surface area contributed by atoms with Crippen LogP contribution in [0.3, 0.4) is 0 Å². The Morgan fingerprint density at radius 1 is 0.840 bits per heavy atom. The lowest BCUT2D eigenvalue weighted by molar-refractivity contribution is 0.131. The molecule has 3 heteroatoms. The van der Waals surface area contributed by atoms with Gasteiger partial charge in [0.1, 0.15) is 29.8 Å². The molecule has 3 rings (SSSR count). The van der Waals surface area contributed by atoms with E-state index in [0.29, 0.717) is 6.61 Å². The highest BCUT2D eigenvalue weighted by molar-refractivity contribution is 5.41. The molecule has 0 amide bonds. The van der Waals surface area contributed by atoms with Crippen LogP contribution in [0.15, 0.2) is 48.5 Å². The number of benzene rings is 2. The van der Waals surface area contributed by atoms with Gasteiger partial charge in [0.2, 0.25) is 0 Å². The van der Waals surface area contributed by atoms with E-state index in [1.165, 1.54) is 11.1 Å². The summed E-state index contributed by atoms with van der Waals surface area (Å²) in [4.78, 5) is 0. The second-order valence-electron chi connectivity index (χ2n) is 8.15. The molecule has 1 saturated heterocycles. The van der Waals surface area contributed by atoms with Gasteiger partial charge in [0.25, 0.3) is 0 Å². The quantitative estimate of drug-likeness (QED) is 0.696. The zero-order valence-electron chi connectivity index (χ0n) is 15.8. The third-order valence-electron chi connectivity index (χ3n) is 4.41. The van der Waals surface area contributed by atoms with E-state index >= 15 is 0 Å². The van der Waals surface area contributed by atoms with E-state index in [0.717, 1.165) is 18.1 Å². The minimum atomic E-state index is -0.182. The molecule has 1 aliphatic rings. The van der Waals surface area contributed by atoms with Crippen molar-refractivity contribution in [1.29, 1.82) is 0 Å². The van der Waals surface area contributed by atoms with Gasteiger partial charge in [-0.3, -0.25) is 0 Å². The van der Waals surface area contributed by atoms with Crippen LogP contribution in [0, 0.1) is 0 Å². The van der Waals surface area contributed by atoms with Gasteiger partial charge in [-0.05, 0) is 56.2 Å². The van der Waals surface area contributed by atoms with Crippen LogP contribution in [-0.4, -0.2) is 24.9 Å². The second kappa shape index (κ2) is 6.72. The molecule has 0 spiro atoms. The summed E-state index contributed by atoms with van der Waals surface area (Å²) in [6.07, 6.45) is 0.282. The van der Waals surface area contributed by atoms with Crippen LogP contribution < -0.4 is 9.47 Å². The maximum Gasteiger partial charge on any atom is 0.120 e. The molecule has 1 unspecified atom stereocenters. The Balaban J connectivity index is 1.71. The first-order valence-corrected chi connectivity index (χ1v) is 8.88. The van der Waals surface area contributed by atoms with Crippen molar-refractivity contribution in [1.82, 2.24) is 0 Å². The van der Waals surface area contributed by atoms with Crippen LogP contribution in [0.5, 0.6) is 11.5 Å². The fourth-order valence-corrected chi connectivity index (χ4v) is 2.78. The summed E-state index contributed by atoms with van der Waals surface area (Å²) in [5.74, 6) is 1.79. The van der Waals surface area contributed by atoms with Crippen molar-refractivity contribution in [2.75, 3.05) is 13.2 Å². The Bertz CT molecular complexity index is 690. The van der Waals surface area contributed by atoms with Gasteiger partial charge < -0.3 is 14.2 Å². The van der Waals surface area contributed by atoms with Gasteiger partial charge in [-0.25, -0.2) is 0 Å². The minimum absolute atomic E-state index is 0.0849. The van der Waals surface area contributed by atoms with Crippen molar-refractivity contribution in [2.45, 2.75) is 51.7 Å². The zero-order valence-corrected chi connectivity index (χ0v) is 15.8. The highest BCUT2D eigenvalue weighted by atomic mass is 16.6. The first-order chi connectivity index (χ1) is 11.7. The molecule has 1 atom stereocenters. The van der Waals surface area contributed by atoms with Gasteiger partial charge >= 0.3 is 0 Å². The van der Waals surface area contributed by atoms with E-state index in [2.05, 4.69) is 71.0 Å². The van der Waals surface area contributed by atoms with E-state index in [1.54, 1.807) is 0 Å². The Hall–Kier alpha value is -2.00. The van der Waals surface area contributed by atoms with Gasteiger partial charge in [-0.1, -0.05) is 38.1 Å². The summed E-state index contributed by atoms with van der Waals surface area (Å²) in [6.45, 7) is 12.1. The smallest absolute Gasteiger partial charge is 0.120 e. The molecule has 1 aliphatic heterocycles. The highest BCUT2D eigenvalue weighted by Gasteiger charge is 2.25. The van der Waals surface area contributed by atoms with Crippen LogP contribution in [-0.2, 0) is 10.2 Å². The van der Waals surface area contributed by atoms with Gasteiger partial charge in [0.05, 0.1) is 6.61 Å². The van der Waals surface area contributed by atoms with Crippen molar-refractivity contribution in [2.24, 2.45) is 0 Å². The fraction of sp³-hybridized carbons (Fsp3) is 0.455. The van der Waals surface area contributed by atoms with E-state index in [1.807, 2.05) is 12.1 Å². The molecule has 134 valence electrons. The third-order valence-corrected chi connectivity index (χ3v) is 4.41. The lowest BCUT2D eigenvalue weighted by Crippen LogP contribution is -2.23. The van der Waals surface area contributed by atoms with Gasteiger partial charge in [-0.15, -0.1) is 0 Å². The normalized spacial score (nSPS) is 17.2. The molecule has 1 heterocycles. The topological polar surface area (TPSA) is 31.0 Å². The molecule has 0 bridgehead atoms. The summed E-state index contributed by atoms with van der Waals surface area (Å²) < 4.78 is 16.8. The minimum Gasteiger partial charge on any atom is -0.491 e. The summed E-state index contributed by atoms with van der Waals surface area (Å²) in [6, 6.07) is 16.8. The van der Waals surface area contributed by atoms with E-state index in [-0.39, 0.29) is 17.1 Å². The summed E-state index contributed by atoms with van der Waals surface area (Å²) in [5.41, 5.74) is 2.25. The number of hydrogen-bond donors (Lipinski definition) is 0.